The van der Waals surface area contributed by atoms with Crippen molar-refractivity contribution >= 4 is 0 Å². The number of aliphatic hydroxyl groups is 1. The summed E-state index contributed by atoms with van der Waals surface area (Å²) in [6, 6.07) is 12.1. The lowest BCUT2D eigenvalue weighted by Crippen LogP contribution is -2.01. The minimum atomic E-state index is -0.472. The molecule has 1 aromatic heterocycles. The lowest BCUT2D eigenvalue weighted by atomic mass is 10.0. The van der Waals surface area contributed by atoms with Crippen molar-refractivity contribution in [2.24, 2.45) is 0 Å². The number of aliphatic hydroxyl groups excluding tert-OH is 1. The molecule has 1 fully saturated rings. The van der Waals surface area contributed by atoms with Gasteiger partial charge in [0.15, 0.2) is 0 Å². The van der Waals surface area contributed by atoms with E-state index < -0.39 is 6.10 Å². The van der Waals surface area contributed by atoms with Gasteiger partial charge in [-0.3, -0.25) is 0 Å². The number of rotatable bonds is 4. The Kier molecular flexibility index (Phi) is 2.73. The van der Waals surface area contributed by atoms with E-state index in [1.54, 1.807) is 6.26 Å². The molecule has 1 heterocycles. The summed E-state index contributed by atoms with van der Waals surface area (Å²) in [5.74, 6) is 1.56. The fraction of sp³-hybridized carbons (Fsp3) is 0.333. The monoisotopic (exact) mass is 228 g/mol. The highest BCUT2D eigenvalue weighted by molar-refractivity contribution is 5.30. The van der Waals surface area contributed by atoms with Gasteiger partial charge in [-0.25, -0.2) is 0 Å². The molecule has 0 radical (unpaired) electrons. The van der Waals surface area contributed by atoms with Gasteiger partial charge in [0.2, 0.25) is 0 Å². The predicted molar refractivity (Wildman–Crippen MR) is 65.8 cm³/mol. The fourth-order valence-electron chi connectivity index (χ4n) is 2.17. The molecule has 1 aliphatic rings. The molecule has 1 unspecified atom stereocenters. The molecular weight excluding hydrogens is 212 g/mol. The molecule has 2 heteroatoms. The lowest BCUT2D eigenvalue weighted by molar-refractivity contribution is 0.170. The predicted octanol–water partition coefficient (Wildman–Crippen LogP) is 3.43. The quantitative estimate of drug-likeness (QED) is 0.869. The molecule has 88 valence electrons. The number of hydrogen-bond donors (Lipinski definition) is 1. The van der Waals surface area contributed by atoms with Crippen LogP contribution in [-0.4, -0.2) is 5.11 Å². The first-order valence-corrected chi connectivity index (χ1v) is 6.13. The van der Waals surface area contributed by atoms with Crippen LogP contribution in [-0.2, 0) is 6.42 Å². The van der Waals surface area contributed by atoms with Gasteiger partial charge in [-0.2, -0.15) is 0 Å². The van der Waals surface area contributed by atoms with Crippen LogP contribution in [0.1, 0.15) is 41.8 Å². The van der Waals surface area contributed by atoms with Crippen LogP contribution in [0.2, 0.25) is 0 Å². The summed E-state index contributed by atoms with van der Waals surface area (Å²) >= 11 is 0. The van der Waals surface area contributed by atoms with Crippen LogP contribution in [0.4, 0.5) is 0 Å². The van der Waals surface area contributed by atoms with Crippen molar-refractivity contribution < 1.29 is 9.52 Å². The van der Waals surface area contributed by atoms with Gasteiger partial charge in [-0.05, 0) is 42.0 Å². The Bertz CT molecular complexity index is 483. The van der Waals surface area contributed by atoms with Crippen molar-refractivity contribution in [3.8, 4) is 0 Å². The first-order chi connectivity index (χ1) is 8.33. The van der Waals surface area contributed by atoms with Crippen LogP contribution in [0, 0.1) is 0 Å². The van der Waals surface area contributed by atoms with Gasteiger partial charge in [0.1, 0.15) is 5.76 Å². The number of hydrogen-bond acceptors (Lipinski definition) is 2. The van der Waals surface area contributed by atoms with Gasteiger partial charge >= 0.3 is 0 Å². The Morgan fingerprint density at radius 2 is 2.12 bits per heavy atom. The second kappa shape index (κ2) is 4.38. The van der Waals surface area contributed by atoms with E-state index in [-0.39, 0.29) is 0 Å². The molecule has 1 N–H and O–H groups in total. The standard InChI is InChI=1S/C15H16O2/c16-15(10-14-5-2-8-17-14)13-4-1-3-12(9-13)11-6-7-11/h1-5,8-9,11,15-16H,6-7,10H2. The second-order valence-electron chi connectivity index (χ2n) is 4.74. The van der Waals surface area contributed by atoms with Gasteiger partial charge in [0.05, 0.1) is 12.4 Å². The molecule has 0 aliphatic heterocycles. The van der Waals surface area contributed by atoms with Crippen LogP contribution in [0.3, 0.4) is 0 Å². The van der Waals surface area contributed by atoms with Crippen molar-refractivity contribution in [1.29, 1.82) is 0 Å². The minimum Gasteiger partial charge on any atom is -0.469 e. The Labute approximate surface area is 101 Å². The summed E-state index contributed by atoms with van der Waals surface area (Å²) in [6.07, 6.45) is 4.29. The van der Waals surface area contributed by atoms with Crippen molar-refractivity contribution in [3.05, 3.63) is 59.5 Å². The molecule has 2 nitrogen and oxygen atoms in total. The van der Waals surface area contributed by atoms with E-state index in [0.717, 1.165) is 17.2 Å². The maximum Gasteiger partial charge on any atom is 0.106 e. The zero-order valence-corrected chi connectivity index (χ0v) is 9.67. The van der Waals surface area contributed by atoms with Crippen molar-refractivity contribution in [1.82, 2.24) is 0 Å². The van der Waals surface area contributed by atoms with E-state index in [4.69, 9.17) is 4.42 Å². The van der Waals surface area contributed by atoms with Crippen LogP contribution in [0.5, 0.6) is 0 Å². The minimum absolute atomic E-state index is 0.472. The first kappa shape index (κ1) is 10.6. The fourth-order valence-corrected chi connectivity index (χ4v) is 2.17. The summed E-state index contributed by atoms with van der Waals surface area (Å²) < 4.78 is 5.26. The smallest absolute Gasteiger partial charge is 0.106 e. The van der Waals surface area contributed by atoms with E-state index >= 15 is 0 Å². The van der Waals surface area contributed by atoms with Gasteiger partial charge in [-0.15, -0.1) is 0 Å². The third-order valence-corrected chi connectivity index (χ3v) is 3.32. The molecule has 0 bridgehead atoms. The zero-order valence-electron chi connectivity index (χ0n) is 9.67. The molecule has 3 rings (SSSR count). The first-order valence-electron chi connectivity index (χ1n) is 6.13. The Morgan fingerprint density at radius 1 is 1.24 bits per heavy atom. The van der Waals surface area contributed by atoms with Crippen LogP contribution >= 0.6 is 0 Å². The summed E-state index contributed by atoms with van der Waals surface area (Å²) in [6.45, 7) is 0. The molecule has 17 heavy (non-hydrogen) atoms. The Balaban J connectivity index is 1.76. The van der Waals surface area contributed by atoms with Gasteiger partial charge in [-0.1, -0.05) is 24.3 Å². The van der Waals surface area contributed by atoms with E-state index in [2.05, 4.69) is 12.1 Å². The van der Waals surface area contributed by atoms with Gasteiger partial charge in [0.25, 0.3) is 0 Å². The third kappa shape index (κ3) is 2.42. The second-order valence-corrected chi connectivity index (χ2v) is 4.74. The van der Waals surface area contributed by atoms with Crippen molar-refractivity contribution in [2.45, 2.75) is 31.3 Å². The Morgan fingerprint density at radius 3 is 2.82 bits per heavy atom. The average molecular weight is 228 g/mol. The normalized spacial score (nSPS) is 17.0. The van der Waals surface area contributed by atoms with E-state index in [1.807, 2.05) is 24.3 Å². The van der Waals surface area contributed by atoms with Crippen molar-refractivity contribution in [3.63, 3.8) is 0 Å². The molecule has 2 aromatic rings. The highest BCUT2D eigenvalue weighted by atomic mass is 16.3. The largest absolute Gasteiger partial charge is 0.469 e. The van der Waals surface area contributed by atoms with Crippen LogP contribution in [0.15, 0.2) is 47.1 Å². The number of furan rings is 1. The molecule has 0 amide bonds. The van der Waals surface area contributed by atoms with Crippen LogP contribution < -0.4 is 0 Å². The lowest BCUT2D eigenvalue weighted by Gasteiger charge is -2.10. The maximum absolute atomic E-state index is 10.2. The topological polar surface area (TPSA) is 33.4 Å². The molecule has 0 spiro atoms. The van der Waals surface area contributed by atoms with Gasteiger partial charge in [0, 0.05) is 6.42 Å². The molecular formula is C15H16O2. The van der Waals surface area contributed by atoms with E-state index in [9.17, 15) is 5.11 Å². The van der Waals surface area contributed by atoms with E-state index in [1.165, 1.54) is 18.4 Å². The molecule has 1 aromatic carbocycles. The third-order valence-electron chi connectivity index (χ3n) is 3.32. The number of benzene rings is 1. The van der Waals surface area contributed by atoms with Crippen molar-refractivity contribution in [2.75, 3.05) is 0 Å². The summed E-state index contributed by atoms with van der Waals surface area (Å²) in [5.41, 5.74) is 2.35. The zero-order chi connectivity index (χ0) is 11.7. The summed E-state index contributed by atoms with van der Waals surface area (Å²) in [5, 5.41) is 10.2. The molecule has 0 saturated heterocycles. The van der Waals surface area contributed by atoms with E-state index in [0.29, 0.717) is 6.42 Å². The van der Waals surface area contributed by atoms with Crippen LogP contribution in [0.25, 0.3) is 0 Å². The SMILES string of the molecule is OC(Cc1ccco1)c1cccc(C2CC2)c1. The highest BCUT2D eigenvalue weighted by Gasteiger charge is 2.24. The molecule has 1 saturated carbocycles. The highest BCUT2D eigenvalue weighted by Crippen LogP contribution is 2.40. The maximum atomic E-state index is 10.2. The summed E-state index contributed by atoms with van der Waals surface area (Å²) in [4.78, 5) is 0. The Hall–Kier alpha value is -1.54. The average Bonchev–Trinajstić information content (AvgIpc) is 3.09. The molecule has 1 aliphatic carbocycles. The summed E-state index contributed by atoms with van der Waals surface area (Å²) in [7, 11) is 0. The van der Waals surface area contributed by atoms with Gasteiger partial charge < -0.3 is 9.52 Å². The molecule has 1 atom stereocenters.